The van der Waals surface area contributed by atoms with Crippen LogP contribution in [0.5, 0.6) is 11.5 Å². The molecule has 0 aliphatic heterocycles. The number of rotatable bonds is 9. The highest BCUT2D eigenvalue weighted by atomic mass is 79.9. The number of aryl methyl sites for hydroxylation is 1. The number of amides is 1. The third-order valence-electron chi connectivity index (χ3n) is 4.54. The van der Waals surface area contributed by atoms with Gasteiger partial charge in [-0.2, -0.15) is 0 Å². The van der Waals surface area contributed by atoms with Crippen molar-refractivity contribution < 1.29 is 18.7 Å². The van der Waals surface area contributed by atoms with Crippen molar-refractivity contribution in [3.8, 4) is 11.5 Å². The number of methoxy groups -OCH3 is 1. The van der Waals surface area contributed by atoms with Gasteiger partial charge in [0.05, 0.1) is 11.6 Å². The van der Waals surface area contributed by atoms with Crippen LogP contribution in [-0.4, -0.2) is 19.6 Å². The zero-order valence-electron chi connectivity index (χ0n) is 17.4. The monoisotopic (exact) mass is 486 g/mol. The maximum atomic E-state index is 13.0. The summed E-state index contributed by atoms with van der Waals surface area (Å²) in [7, 11) is 1.55. The van der Waals surface area contributed by atoms with Crippen LogP contribution >= 0.6 is 15.9 Å². The molecule has 7 heteroatoms. The van der Waals surface area contributed by atoms with Crippen molar-refractivity contribution in [2.24, 2.45) is 0 Å². The largest absolute Gasteiger partial charge is 0.493 e. The quantitative estimate of drug-likeness (QED) is 0.435. The van der Waals surface area contributed by atoms with Crippen LogP contribution in [0.25, 0.3) is 0 Å². The van der Waals surface area contributed by atoms with Gasteiger partial charge in [0.15, 0.2) is 18.1 Å². The van der Waals surface area contributed by atoms with Gasteiger partial charge >= 0.3 is 0 Å². The summed E-state index contributed by atoms with van der Waals surface area (Å²) in [4.78, 5) is 12.2. The molecule has 0 saturated heterocycles. The molecule has 0 fully saturated rings. The second-order valence-electron chi connectivity index (χ2n) is 7.04. The minimum absolute atomic E-state index is 0.148. The summed E-state index contributed by atoms with van der Waals surface area (Å²) in [6, 6.07) is 17.7. The van der Waals surface area contributed by atoms with E-state index in [9.17, 15) is 9.18 Å². The van der Waals surface area contributed by atoms with E-state index in [-0.39, 0.29) is 18.3 Å². The highest BCUT2D eigenvalue weighted by Gasteiger charge is 2.14. The molecule has 3 rings (SSSR count). The van der Waals surface area contributed by atoms with Crippen LogP contribution in [0, 0.1) is 12.7 Å². The summed E-state index contributed by atoms with van der Waals surface area (Å²) in [5.74, 6) is 0.475. The fourth-order valence-corrected chi connectivity index (χ4v) is 3.54. The van der Waals surface area contributed by atoms with Gasteiger partial charge < -0.3 is 20.1 Å². The van der Waals surface area contributed by atoms with Crippen LogP contribution in [0.3, 0.4) is 0 Å². The van der Waals surface area contributed by atoms with Gasteiger partial charge in [-0.25, -0.2) is 4.39 Å². The predicted molar refractivity (Wildman–Crippen MR) is 123 cm³/mol. The van der Waals surface area contributed by atoms with Gasteiger partial charge in [-0.3, -0.25) is 4.79 Å². The highest BCUT2D eigenvalue weighted by molar-refractivity contribution is 9.10. The molecule has 0 aromatic heterocycles. The summed E-state index contributed by atoms with van der Waals surface area (Å²) < 4.78 is 24.9. The normalized spacial score (nSPS) is 10.6. The molecule has 2 N–H and O–H groups in total. The number of ether oxygens (including phenoxy) is 2. The van der Waals surface area contributed by atoms with Crippen molar-refractivity contribution in [1.29, 1.82) is 0 Å². The molecule has 1 amide bonds. The first-order chi connectivity index (χ1) is 14.9. The lowest BCUT2D eigenvalue weighted by Gasteiger charge is -2.15. The molecule has 0 heterocycles. The van der Waals surface area contributed by atoms with Crippen molar-refractivity contribution in [3.05, 3.63) is 87.6 Å². The number of carbonyl (C=O) groups excluding carboxylic acids is 1. The van der Waals surface area contributed by atoms with Crippen LogP contribution in [0.1, 0.15) is 16.7 Å². The number of carbonyl (C=O) groups is 1. The molecule has 5 nitrogen and oxygen atoms in total. The standard InChI is InChI=1S/C24H24BrFN2O3/c1-16-3-9-20(10-4-16)28-23(29)15-31-24-21(25)11-18(12-22(24)30-2)14-27-13-17-5-7-19(26)8-6-17/h3-12,27H,13-15H2,1-2H3,(H,28,29). The van der Waals surface area contributed by atoms with Crippen LogP contribution in [0.2, 0.25) is 0 Å². The molecule has 0 atom stereocenters. The van der Waals surface area contributed by atoms with E-state index in [1.54, 1.807) is 19.2 Å². The number of anilines is 1. The summed E-state index contributed by atoms with van der Waals surface area (Å²) >= 11 is 3.50. The molecule has 0 spiro atoms. The van der Waals surface area contributed by atoms with Gasteiger partial charge in [0, 0.05) is 18.8 Å². The summed E-state index contributed by atoms with van der Waals surface area (Å²) in [6.07, 6.45) is 0. The number of nitrogens with one attached hydrogen (secondary N) is 2. The number of halogens is 2. The first kappa shape index (κ1) is 22.8. The van der Waals surface area contributed by atoms with Crippen LogP contribution in [-0.2, 0) is 17.9 Å². The van der Waals surface area contributed by atoms with E-state index >= 15 is 0 Å². The van der Waals surface area contributed by atoms with Crippen LogP contribution in [0.15, 0.2) is 65.1 Å². The average Bonchev–Trinajstić information content (AvgIpc) is 2.75. The zero-order valence-corrected chi connectivity index (χ0v) is 19.0. The Balaban J connectivity index is 1.57. The van der Waals surface area contributed by atoms with Gasteiger partial charge in [-0.15, -0.1) is 0 Å². The van der Waals surface area contributed by atoms with E-state index in [1.165, 1.54) is 12.1 Å². The molecule has 162 valence electrons. The van der Waals surface area contributed by atoms with Crippen molar-refractivity contribution >= 4 is 27.5 Å². The lowest BCUT2D eigenvalue weighted by molar-refractivity contribution is -0.118. The summed E-state index contributed by atoms with van der Waals surface area (Å²) in [5, 5.41) is 6.11. The number of benzene rings is 3. The Bertz CT molecular complexity index is 1020. The number of hydrogen-bond donors (Lipinski definition) is 2. The van der Waals surface area contributed by atoms with E-state index in [0.717, 1.165) is 16.7 Å². The van der Waals surface area contributed by atoms with E-state index in [2.05, 4.69) is 26.6 Å². The van der Waals surface area contributed by atoms with E-state index in [1.807, 2.05) is 43.3 Å². The van der Waals surface area contributed by atoms with E-state index in [4.69, 9.17) is 9.47 Å². The lowest BCUT2D eigenvalue weighted by Crippen LogP contribution is -2.20. The molecular weight excluding hydrogens is 463 g/mol. The second kappa shape index (κ2) is 10.9. The maximum absolute atomic E-state index is 13.0. The minimum Gasteiger partial charge on any atom is -0.493 e. The topological polar surface area (TPSA) is 59.6 Å². The lowest BCUT2D eigenvalue weighted by atomic mass is 10.2. The first-order valence-corrected chi connectivity index (χ1v) is 10.5. The minimum atomic E-state index is -0.261. The molecule has 0 saturated carbocycles. The van der Waals surface area contributed by atoms with Crippen molar-refractivity contribution in [2.75, 3.05) is 19.0 Å². The third-order valence-corrected chi connectivity index (χ3v) is 5.13. The Morgan fingerprint density at radius 1 is 1.00 bits per heavy atom. The van der Waals surface area contributed by atoms with Crippen LogP contribution < -0.4 is 20.1 Å². The SMILES string of the molecule is COc1cc(CNCc2ccc(F)cc2)cc(Br)c1OCC(=O)Nc1ccc(C)cc1. The van der Waals surface area contributed by atoms with Gasteiger partial charge in [0.1, 0.15) is 5.82 Å². The molecule has 0 radical (unpaired) electrons. The van der Waals surface area contributed by atoms with Gasteiger partial charge in [-0.05, 0) is 70.4 Å². The Morgan fingerprint density at radius 2 is 1.68 bits per heavy atom. The first-order valence-electron chi connectivity index (χ1n) is 9.75. The van der Waals surface area contributed by atoms with Crippen LogP contribution in [0.4, 0.5) is 10.1 Å². The molecule has 0 unspecified atom stereocenters. The van der Waals surface area contributed by atoms with Gasteiger partial charge in [0.25, 0.3) is 5.91 Å². The van der Waals surface area contributed by atoms with E-state index < -0.39 is 0 Å². The maximum Gasteiger partial charge on any atom is 0.262 e. The Kier molecular flexibility index (Phi) is 8.03. The Labute approximate surface area is 189 Å². The molecule has 31 heavy (non-hydrogen) atoms. The molecule has 3 aromatic rings. The smallest absolute Gasteiger partial charge is 0.262 e. The molecule has 0 aliphatic carbocycles. The highest BCUT2D eigenvalue weighted by Crippen LogP contribution is 2.36. The Hall–Kier alpha value is -2.90. The fraction of sp³-hybridized carbons (Fsp3) is 0.208. The molecule has 0 aliphatic rings. The van der Waals surface area contributed by atoms with Gasteiger partial charge in [-0.1, -0.05) is 29.8 Å². The molecule has 3 aromatic carbocycles. The van der Waals surface area contributed by atoms with E-state index in [0.29, 0.717) is 34.7 Å². The average molecular weight is 487 g/mol. The van der Waals surface area contributed by atoms with Gasteiger partial charge in [0.2, 0.25) is 0 Å². The second-order valence-corrected chi connectivity index (χ2v) is 7.90. The molecule has 0 bridgehead atoms. The fourth-order valence-electron chi connectivity index (χ4n) is 2.94. The summed E-state index contributed by atoms with van der Waals surface area (Å²) in [5.41, 5.74) is 3.80. The Morgan fingerprint density at radius 3 is 2.35 bits per heavy atom. The number of hydrogen-bond acceptors (Lipinski definition) is 4. The molecular formula is C24H24BrFN2O3. The van der Waals surface area contributed by atoms with Crippen molar-refractivity contribution in [2.45, 2.75) is 20.0 Å². The van der Waals surface area contributed by atoms with Crippen molar-refractivity contribution in [1.82, 2.24) is 5.32 Å². The predicted octanol–water partition coefficient (Wildman–Crippen LogP) is 5.21. The summed E-state index contributed by atoms with van der Waals surface area (Å²) in [6.45, 7) is 3.03. The zero-order chi connectivity index (χ0) is 22.2. The third kappa shape index (κ3) is 6.80. The van der Waals surface area contributed by atoms with Crippen molar-refractivity contribution in [3.63, 3.8) is 0 Å².